The van der Waals surface area contributed by atoms with Gasteiger partial charge < -0.3 is 10.1 Å². The molecule has 0 bridgehead atoms. The Morgan fingerprint density at radius 2 is 2.04 bits per heavy atom. The van der Waals surface area contributed by atoms with Crippen molar-refractivity contribution in [1.82, 2.24) is 15.3 Å². The van der Waals surface area contributed by atoms with Crippen LogP contribution in [0, 0.1) is 12.7 Å². The molecule has 3 rings (SSSR count). The quantitative estimate of drug-likeness (QED) is 0.731. The van der Waals surface area contributed by atoms with Crippen molar-refractivity contribution in [2.24, 2.45) is 0 Å². The average Bonchev–Trinajstić information content (AvgIpc) is 3.26. The maximum absolute atomic E-state index is 13.8. The first-order chi connectivity index (χ1) is 11.3. The second-order valence-corrected chi connectivity index (χ2v) is 5.92. The van der Waals surface area contributed by atoms with Crippen molar-refractivity contribution in [3.63, 3.8) is 0 Å². The zero-order valence-corrected chi connectivity index (χ0v) is 12.8. The third-order valence-corrected chi connectivity index (χ3v) is 4.11. The van der Waals surface area contributed by atoms with Crippen LogP contribution in [0.3, 0.4) is 0 Å². The molecule has 0 aliphatic heterocycles. The number of aliphatic hydroxyl groups excluding tert-OH is 1. The number of nitrogens with zero attached hydrogens (tertiary/aromatic N) is 1. The van der Waals surface area contributed by atoms with E-state index in [4.69, 9.17) is 0 Å². The van der Waals surface area contributed by atoms with Crippen molar-refractivity contribution < 1.29 is 18.3 Å². The summed E-state index contributed by atoms with van der Waals surface area (Å²) in [4.78, 5) is 18.0. The average molecular weight is 339 g/mol. The molecule has 1 aromatic heterocycles. The summed E-state index contributed by atoms with van der Waals surface area (Å²) in [5, 5.41) is 13.2. The lowest BCUT2D eigenvalue weighted by molar-refractivity contribution is 0.112. The Kier molecular flexibility index (Phi) is 4.18. The van der Waals surface area contributed by atoms with E-state index in [1.165, 1.54) is 12.1 Å². The number of hydrogen-bond acceptors (Lipinski definition) is 4. The third-order valence-electron chi connectivity index (χ3n) is 4.11. The van der Waals surface area contributed by atoms with Crippen LogP contribution in [0.15, 0.2) is 29.1 Å². The summed E-state index contributed by atoms with van der Waals surface area (Å²) in [6.07, 6.45) is -2.89. The molecule has 1 heterocycles. The lowest BCUT2D eigenvalue weighted by atomic mass is 10.0. The zero-order chi connectivity index (χ0) is 17.5. The summed E-state index contributed by atoms with van der Waals surface area (Å²) in [6, 6.07) is 4.71. The second kappa shape index (κ2) is 6.03. The van der Waals surface area contributed by atoms with Crippen LogP contribution in [0.2, 0.25) is 0 Å². The lowest BCUT2D eigenvalue weighted by Crippen LogP contribution is -2.34. The van der Waals surface area contributed by atoms with E-state index in [1.54, 1.807) is 6.92 Å². The van der Waals surface area contributed by atoms with Gasteiger partial charge in [-0.05, 0) is 31.4 Å². The largest absolute Gasteiger partial charge is 0.373 e. The molecule has 1 atom stereocenters. The number of aryl methyl sites for hydroxylation is 1. The maximum atomic E-state index is 13.8. The summed E-state index contributed by atoms with van der Waals surface area (Å²) in [5.74, 6) is -0.620. The van der Waals surface area contributed by atoms with Crippen molar-refractivity contribution >= 4 is 0 Å². The number of rotatable bonds is 5. The molecule has 1 saturated carbocycles. The van der Waals surface area contributed by atoms with E-state index in [0.29, 0.717) is 24.2 Å². The number of aromatic amines is 1. The second-order valence-electron chi connectivity index (χ2n) is 5.92. The van der Waals surface area contributed by atoms with Crippen molar-refractivity contribution in [3.8, 4) is 0 Å². The fraction of sp³-hybridized carbons (Fsp3) is 0.375. The van der Waals surface area contributed by atoms with Crippen molar-refractivity contribution in [1.29, 1.82) is 0 Å². The van der Waals surface area contributed by atoms with E-state index in [0.717, 1.165) is 12.1 Å². The predicted octanol–water partition coefficient (Wildman–Crippen LogP) is 2.42. The Labute approximate surface area is 135 Å². The van der Waals surface area contributed by atoms with E-state index < -0.39 is 35.1 Å². The molecular formula is C16H16F3N3O2. The summed E-state index contributed by atoms with van der Waals surface area (Å²) >= 11 is 0. The summed E-state index contributed by atoms with van der Waals surface area (Å²) in [6.45, 7) is 1.59. The highest BCUT2D eigenvalue weighted by atomic mass is 19.3. The summed E-state index contributed by atoms with van der Waals surface area (Å²) < 4.78 is 39.1. The molecule has 24 heavy (non-hydrogen) atoms. The molecule has 3 N–H and O–H groups in total. The number of H-pyrrole nitrogens is 1. The van der Waals surface area contributed by atoms with Gasteiger partial charge in [-0.3, -0.25) is 10.1 Å². The van der Waals surface area contributed by atoms with Crippen LogP contribution in [-0.2, 0) is 5.54 Å². The molecule has 5 nitrogen and oxygen atoms in total. The highest BCUT2D eigenvalue weighted by molar-refractivity contribution is 5.34. The van der Waals surface area contributed by atoms with Gasteiger partial charge in [0.2, 0.25) is 0 Å². The Hall–Kier alpha value is -2.19. The van der Waals surface area contributed by atoms with E-state index in [-0.39, 0.29) is 5.69 Å². The van der Waals surface area contributed by atoms with Gasteiger partial charge in [0.05, 0.1) is 11.3 Å². The minimum atomic E-state index is -2.88. The Balaban J connectivity index is 1.84. The topological polar surface area (TPSA) is 78.0 Å². The fourth-order valence-electron chi connectivity index (χ4n) is 2.72. The molecule has 0 spiro atoms. The molecule has 0 amide bonds. The van der Waals surface area contributed by atoms with E-state index in [2.05, 4.69) is 15.3 Å². The first-order valence-corrected chi connectivity index (χ1v) is 7.42. The van der Waals surface area contributed by atoms with E-state index in [1.807, 2.05) is 0 Å². The molecule has 1 aliphatic rings. The molecule has 1 aliphatic carbocycles. The third kappa shape index (κ3) is 3.20. The zero-order valence-electron chi connectivity index (χ0n) is 12.8. The minimum Gasteiger partial charge on any atom is -0.373 e. The number of nitrogens with one attached hydrogen (secondary N) is 2. The van der Waals surface area contributed by atoms with Crippen molar-refractivity contribution in [2.75, 3.05) is 0 Å². The molecule has 128 valence electrons. The molecule has 0 radical (unpaired) electrons. The lowest BCUT2D eigenvalue weighted by Gasteiger charge is -2.22. The number of hydrogen-bond donors (Lipinski definition) is 3. The van der Waals surface area contributed by atoms with Crippen LogP contribution < -0.4 is 10.9 Å². The fourth-order valence-corrected chi connectivity index (χ4v) is 2.72. The highest BCUT2D eigenvalue weighted by Gasteiger charge is 2.46. The normalized spacial score (nSPS) is 17.1. The van der Waals surface area contributed by atoms with Crippen LogP contribution >= 0.6 is 0 Å². The molecule has 8 heteroatoms. The molecule has 1 fully saturated rings. The van der Waals surface area contributed by atoms with Crippen LogP contribution in [0.4, 0.5) is 13.2 Å². The SMILES string of the molecule is Cc1nc(C(O)NC2(c3ccc(C(F)F)c(F)c3)CC2)cc(=O)[nH]1. The van der Waals surface area contributed by atoms with Crippen LogP contribution in [0.5, 0.6) is 0 Å². The first kappa shape index (κ1) is 16.7. The van der Waals surface area contributed by atoms with Gasteiger partial charge in [0.25, 0.3) is 12.0 Å². The summed E-state index contributed by atoms with van der Waals surface area (Å²) in [5.41, 5.74) is -1.13. The number of aliphatic hydroxyl groups is 1. The Morgan fingerprint density at radius 1 is 1.33 bits per heavy atom. The van der Waals surface area contributed by atoms with Gasteiger partial charge in [-0.1, -0.05) is 12.1 Å². The standard InChI is InChI=1S/C16H16F3N3O2/c1-8-20-12(7-13(23)21-8)15(24)22-16(4-5-16)9-2-3-10(14(18)19)11(17)6-9/h2-3,6-7,14-15,22,24H,4-5H2,1H3,(H,20,21,23). The number of aromatic nitrogens is 2. The van der Waals surface area contributed by atoms with Gasteiger partial charge >= 0.3 is 0 Å². The van der Waals surface area contributed by atoms with Gasteiger partial charge in [0, 0.05) is 11.6 Å². The van der Waals surface area contributed by atoms with Crippen molar-refractivity contribution in [2.45, 2.75) is 38.0 Å². The molecule has 1 aromatic carbocycles. The summed E-state index contributed by atoms with van der Waals surface area (Å²) in [7, 11) is 0. The van der Waals surface area contributed by atoms with Crippen LogP contribution in [0.25, 0.3) is 0 Å². The molecular weight excluding hydrogens is 323 g/mol. The van der Waals surface area contributed by atoms with Gasteiger partial charge in [-0.25, -0.2) is 18.2 Å². The molecule has 1 unspecified atom stereocenters. The van der Waals surface area contributed by atoms with E-state index in [9.17, 15) is 23.1 Å². The van der Waals surface area contributed by atoms with Crippen LogP contribution in [-0.4, -0.2) is 15.1 Å². The number of alkyl halides is 2. The predicted molar refractivity (Wildman–Crippen MR) is 80.0 cm³/mol. The smallest absolute Gasteiger partial charge is 0.266 e. The van der Waals surface area contributed by atoms with E-state index >= 15 is 0 Å². The van der Waals surface area contributed by atoms with Crippen LogP contribution in [0.1, 0.15) is 48.1 Å². The Morgan fingerprint density at radius 3 is 2.58 bits per heavy atom. The number of benzene rings is 1. The maximum Gasteiger partial charge on any atom is 0.266 e. The first-order valence-electron chi connectivity index (χ1n) is 7.42. The minimum absolute atomic E-state index is 0.146. The van der Waals surface area contributed by atoms with Gasteiger partial charge in [0.1, 0.15) is 17.9 Å². The highest BCUT2D eigenvalue weighted by Crippen LogP contribution is 2.47. The molecule has 2 aromatic rings. The molecule has 0 saturated heterocycles. The van der Waals surface area contributed by atoms with Gasteiger partial charge in [0.15, 0.2) is 0 Å². The van der Waals surface area contributed by atoms with Gasteiger partial charge in [-0.15, -0.1) is 0 Å². The monoisotopic (exact) mass is 339 g/mol. The Bertz CT molecular complexity index is 818. The van der Waals surface area contributed by atoms with Crippen molar-refractivity contribution in [3.05, 3.63) is 63.1 Å². The number of halogens is 3. The van der Waals surface area contributed by atoms with Gasteiger partial charge in [-0.2, -0.15) is 0 Å².